The Labute approximate surface area is 155 Å². The van der Waals surface area contributed by atoms with Crippen LogP contribution in [0.3, 0.4) is 0 Å². The Morgan fingerprint density at radius 2 is 2.04 bits per heavy atom. The third-order valence-electron chi connectivity index (χ3n) is 5.26. The minimum absolute atomic E-state index is 0.244. The van der Waals surface area contributed by atoms with Gasteiger partial charge in [0.1, 0.15) is 5.75 Å². The van der Waals surface area contributed by atoms with Crippen LogP contribution in [0.15, 0.2) is 59.7 Å². The average molecular weight is 349 g/mol. The second-order valence-corrected chi connectivity index (χ2v) is 7.21. The molecule has 0 spiro atoms. The van der Waals surface area contributed by atoms with Crippen LogP contribution in [-0.4, -0.2) is 30.3 Å². The van der Waals surface area contributed by atoms with Crippen LogP contribution in [0.4, 0.5) is 0 Å². The number of nitrogens with zero attached hydrogens (tertiary/aromatic N) is 2. The molecule has 1 fully saturated rings. The highest BCUT2D eigenvalue weighted by Gasteiger charge is 2.37. The van der Waals surface area contributed by atoms with Gasteiger partial charge in [-0.05, 0) is 29.7 Å². The van der Waals surface area contributed by atoms with E-state index < -0.39 is 0 Å². The normalized spacial score (nSPS) is 22.4. The van der Waals surface area contributed by atoms with Crippen LogP contribution in [-0.2, 0) is 6.54 Å². The molecule has 0 bridgehead atoms. The van der Waals surface area contributed by atoms with E-state index in [1.165, 1.54) is 16.8 Å². The van der Waals surface area contributed by atoms with Gasteiger partial charge in [0.25, 0.3) is 0 Å². The van der Waals surface area contributed by atoms with Crippen LogP contribution in [0.5, 0.6) is 5.75 Å². The average Bonchev–Trinajstić information content (AvgIpc) is 3.11. The van der Waals surface area contributed by atoms with Crippen molar-refractivity contribution in [2.75, 3.05) is 19.7 Å². The van der Waals surface area contributed by atoms with E-state index in [2.05, 4.69) is 70.9 Å². The first-order valence-electron chi connectivity index (χ1n) is 9.64. The third-order valence-corrected chi connectivity index (χ3v) is 5.26. The third kappa shape index (κ3) is 3.75. The molecule has 2 aliphatic rings. The summed E-state index contributed by atoms with van der Waals surface area (Å²) < 4.78 is 5.82. The first-order chi connectivity index (χ1) is 12.8. The van der Waals surface area contributed by atoms with Crippen LogP contribution >= 0.6 is 0 Å². The molecule has 26 heavy (non-hydrogen) atoms. The fourth-order valence-electron chi connectivity index (χ4n) is 3.92. The summed E-state index contributed by atoms with van der Waals surface area (Å²) in [6.45, 7) is 6.03. The maximum Gasteiger partial charge on any atom is 0.119 e. The zero-order chi connectivity index (χ0) is 17.8. The molecule has 4 nitrogen and oxygen atoms in total. The number of nitrogens with one attached hydrogen (secondary N) is 1. The highest BCUT2D eigenvalue weighted by atomic mass is 16.5. The standard InChI is InChI=1S/C22H27N3O/c1-2-13-26-19-10-6-9-18(14-19)22-20-16-25(12-11-21(20)23-24-22)15-17-7-4-3-5-8-17/h3-10,14,20,22,24H,2,11-13,15-16H2,1H3. The molecule has 2 aromatic rings. The largest absolute Gasteiger partial charge is 0.494 e. The zero-order valence-electron chi connectivity index (χ0n) is 15.4. The number of ether oxygens (including phenoxy) is 1. The van der Waals surface area contributed by atoms with Crippen molar-refractivity contribution >= 4 is 5.71 Å². The Hall–Kier alpha value is -2.33. The molecule has 2 aromatic carbocycles. The van der Waals surface area contributed by atoms with Crippen molar-refractivity contribution < 1.29 is 4.74 Å². The molecule has 0 radical (unpaired) electrons. The summed E-state index contributed by atoms with van der Waals surface area (Å²) in [5, 5.41) is 4.65. The van der Waals surface area contributed by atoms with E-state index in [9.17, 15) is 0 Å². The lowest BCUT2D eigenvalue weighted by Gasteiger charge is -2.33. The van der Waals surface area contributed by atoms with E-state index in [1.54, 1.807) is 0 Å². The van der Waals surface area contributed by atoms with Crippen LogP contribution in [0.1, 0.15) is 36.9 Å². The lowest BCUT2D eigenvalue weighted by Crippen LogP contribution is -2.41. The topological polar surface area (TPSA) is 36.9 Å². The van der Waals surface area contributed by atoms with Gasteiger partial charge in [0.2, 0.25) is 0 Å². The molecule has 0 amide bonds. The van der Waals surface area contributed by atoms with Crippen molar-refractivity contribution in [2.24, 2.45) is 11.0 Å². The van der Waals surface area contributed by atoms with E-state index >= 15 is 0 Å². The number of benzene rings is 2. The summed E-state index contributed by atoms with van der Waals surface area (Å²) in [7, 11) is 0. The molecule has 4 rings (SSSR count). The fraction of sp³-hybridized carbons (Fsp3) is 0.409. The second kappa shape index (κ2) is 7.92. The molecule has 4 heteroatoms. The molecule has 0 saturated carbocycles. The molecular weight excluding hydrogens is 322 g/mol. The molecule has 0 aromatic heterocycles. The van der Waals surface area contributed by atoms with Gasteiger partial charge in [-0.1, -0.05) is 49.4 Å². The molecule has 2 unspecified atom stereocenters. The van der Waals surface area contributed by atoms with Gasteiger partial charge in [-0.25, -0.2) is 0 Å². The van der Waals surface area contributed by atoms with Crippen molar-refractivity contribution in [1.29, 1.82) is 0 Å². The maximum atomic E-state index is 5.82. The number of hydrogen-bond acceptors (Lipinski definition) is 4. The second-order valence-electron chi connectivity index (χ2n) is 7.21. The minimum Gasteiger partial charge on any atom is -0.494 e. The minimum atomic E-state index is 0.244. The summed E-state index contributed by atoms with van der Waals surface area (Å²) in [5.41, 5.74) is 7.35. The zero-order valence-corrected chi connectivity index (χ0v) is 15.4. The number of fused-ring (bicyclic) bond motifs is 1. The molecule has 1 N–H and O–H groups in total. The summed E-state index contributed by atoms with van der Waals surface area (Å²) in [6, 6.07) is 19.5. The predicted octanol–water partition coefficient (Wildman–Crippen LogP) is 4.00. The SMILES string of the molecule is CCCOc1cccc(C2NN=C3CCN(Cc4ccccc4)CC32)c1. The lowest BCUT2D eigenvalue weighted by molar-refractivity contribution is 0.220. The van der Waals surface area contributed by atoms with Gasteiger partial charge < -0.3 is 10.2 Å². The van der Waals surface area contributed by atoms with Gasteiger partial charge >= 0.3 is 0 Å². The van der Waals surface area contributed by atoms with Gasteiger partial charge in [0.05, 0.1) is 12.6 Å². The highest BCUT2D eigenvalue weighted by molar-refractivity contribution is 5.89. The maximum absolute atomic E-state index is 5.82. The number of hydrazone groups is 1. The van der Waals surface area contributed by atoms with Gasteiger partial charge in [-0.3, -0.25) is 4.90 Å². The van der Waals surface area contributed by atoms with Gasteiger partial charge in [0.15, 0.2) is 0 Å². The molecular formula is C22H27N3O. The van der Waals surface area contributed by atoms with Gasteiger partial charge in [0, 0.05) is 37.7 Å². The van der Waals surface area contributed by atoms with E-state index in [0.717, 1.165) is 44.8 Å². The van der Waals surface area contributed by atoms with E-state index in [-0.39, 0.29) is 6.04 Å². The lowest BCUT2D eigenvalue weighted by atomic mass is 9.86. The highest BCUT2D eigenvalue weighted by Crippen LogP contribution is 2.34. The fourth-order valence-corrected chi connectivity index (χ4v) is 3.92. The predicted molar refractivity (Wildman–Crippen MR) is 105 cm³/mol. The Morgan fingerprint density at radius 3 is 2.88 bits per heavy atom. The van der Waals surface area contributed by atoms with Gasteiger partial charge in [-0.2, -0.15) is 5.10 Å². The Balaban J connectivity index is 1.46. The smallest absolute Gasteiger partial charge is 0.119 e. The summed E-state index contributed by atoms with van der Waals surface area (Å²) in [6.07, 6.45) is 2.07. The Morgan fingerprint density at radius 1 is 1.15 bits per heavy atom. The number of rotatable bonds is 6. The molecule has 1 saturated heterocycles. The summed E-state index contributed by atoms with van der Waals surface area (Å²) in [4.78, 5) is 2.55. The quantitative estimate of drug-likeness (QED) is 0.856. The van der Waals surface area contributed by atoms with Crippen molar-refractivity contribution in [3.63, 3.8) is 0 Å². The molecule has 0 aliphatic carbocycles. The molecule has 2 aliphatic heterocycles. The van der Waals surface area contributed by atoms with E-state index in [1.807, 2.05) is 6.07 Å². The first kappa shape index (κ1) is 17.1. The van der Waals surface area contributed by atoms with Gasteiger partial charge in [-0.15, -0.1) is 0 Å². The number of hydrogen-bond donors (Lipinski definition) is 1. The van der Waals surface area contributed by atoms with Crippen molar-refractivity contribution in [1.82, 2.24) is 10.3 Å². The first-order valence-corrected chi connectivity index (χ1v) is 9.64. The van der Waals surface area contributed by atoms with Crippen LogP contribution in [0.25, 0.3) is 0 Å². The van der Waals surface area contributed by atoms with Crippen LogP contribution < -0.4 is 10.2 Å². The molecule has 2 atom stereocenters. The van der Waals surface area contributed by atoms with E-state index in [0.29, 0.717) is 5.92 Å². The summed E-state index contributed by atoms with van der Waals surface area (Å²) >= 11 is 0. The summed E-state index contributed by atoms with van der Waals surface area (Å²) in [5.74, 6) is 1.39. The van der Waals surface area contributed by atoms with Crippen molar-refractivity contribution in [3.8, 4) is 5.75 Å². The monoisotopic (exact) mass is 349 g/mol. The van der Waals surface area contributed by atoms with Crippen molar-refractivity contribution in [3.05, 3.63) is 65.7 Å². The van der Waals surface area contributed by atoms with E-state index in [4.69, 9.17) is 4.74 Å². The Bertz CT molecular complexity index is 759. The Kier molecular flexibility index (Phi) is 5.21. The number of piperidine rings is 1. The number of likely N-dealkylation sites (tertiary alicyclic amines) is 1. The van der Waals surface area contributed by atoms with Crippen molar-refractivity contribution in [2.45, 2.75) is 32.4 Å². The molecule has 2 heterocycles. The molecule has 136 valence electrons. The van der Waals surface area contributed by atoms with Crippen LogP contribution in [0.2, 0.25) is 0 Å². The van der Waals surface area contributed by atoms with Crippen LogP contribution in [0, 0.1) is 5.92 Å².